The number of fused-ring (bicyclic) bond motifs is 2. The molecule has 0 bridgehead atoms. The molecule has 4 aromatic rings. The normalized spacial score (nSPS) is 13.1. The molecule has 0 aliphatic carbocycles. The van der Waals surface area contributed by atoms with Crippen molar-refractivity contribution in [3.8, 4) is 11.4 Å². The van der Waals surface area contributed by atoms with Crippen molar-refractivity contribution in [3.63, 3.8) is 0 Å². The maximum atomic E-state index is 12.0. The van der Waals surface area contributed by atoms with Gasteiger partial charge in [0.2, 0.25) is 5.91 Å². The second-order valence-electron chi connectivity index (χ2n) is 8.77. The number of amides is 1. The van der Waals surface area contributed by atoms with Crippen LogP contribution >= 0.6 is 11.3 Å². The zero-order valence-corrected chi connectivity index (χ0v) is 20.4. The quantitative estimate of drug-likeness (QED) is 0.308. The highest BCUT2D eigenvalue weighted by molar-refractivity contribution is 7.20. The number of thiophene rings is 1. The zero-order valence-electron chi connectivity index (χ0n) is 19.6. The van der Waals surface area contributed by atoms with Crippen molar-refractivity contribution >= 4 is 51.4 Å². The average Bonchev–Trinajstić information content (AvgIpc) is 3.18. The molecule has 1 aliphatic rings. The molecule has 3 heterocycles. The van der Waals surface area contributed by atoms with Gasteiger partial charge in [0.05, 0.1) is 11.3 Å². The number of hydrogen-bond acceptors (Lipinski definition) is 8. The van der Waals surface area contributed by atoms with E-state index in [4.69, 9.17) is 15.7 Å². The van der Waals surface area contributed by atoms with E-state index in [0.717, 1.165) is 62.7 Å². The molecule has 1 amide bonds. The van der Waals surface area contributed by atoms with Gasteiger partial charge in [0.15, 0.2) is 11.6 Å². The fourth-order valence-corrected chi connectivity index (χ4v) is 5.83. The van der Waals surface area contributed by atoms with E-state index < -0.39 is 13.0 Å². The van der Waals surface area contributed by atoms with Crippen molar-refractivity contribution in [2.24, 2.45) is 5.73 Å². The van der Waals surface area contributed by atoms with Crippen LogP contribution in [0, 0.1) is 6.92 Å². The number of nitrogens with two attached hydrogens (primary N) is 1. The molecule has 0 radical (unpaired) electrons. The van der Waals surface area contributed by atoms with Crippen molar-refractivity contribution in [1.82, 2.24) is 9.97 Å². The van der Waals surface area contributed by atoms with Crippen LogP contribution in [0.5, 0.6) is 0 Å². The number of carbonyl (C=O) groups excluding carboxylic acids is 1. The Bertz CT molecular complexity index is 1440. The van der Waals surface area contributed by atoms with Crippen LogP contribution in [-0.2, 0) is 13.0 Å². The number of benzene rings is 2. The van der Waals surface area contributed by atoms with Crippen molar-refractivity contribution in [2.75, 3.05) is 23.8 Å². The number of rotatable bonds is 6. The molecule has 5 rings (SSSR count). The van der Waals surface area contributed by atoms with Gasteiger partial charge >= 0.3 is 7.12 Å². The topological polar surface area (TPSA) is 125 Å². The number of carbonyl (C=O) groups is 1. The number of nitrogens with one attached hydrogen (secondary N) is 1. The minimum atomic E-state index is -1.51. The smallest absolute Gasteiger partial charge is 0.423 e. The SMILES string of the molecule is Cc1sc2c(C(N)=O)cccc2c1-c1nc2c(c(NCc3cccc(B(O)O)c3)n1)N(C)CCC2. The van der Waals surface area contributed by atoms with Crippen LogP contribution in [0.2, 0.25) is 0 Å². The van der Waals surface area contributed by atoms with Crippen molar-refractivity contribution < 1.29 is 14.8 Å². The third-order valence-corrected chi connectivity index (χ3v) is 7.49. The molecule has 10 heteroatoms. The van der Waals surface area contributed by atoms with Crippen molar-refractivity contribution in [2.45, 2.75) is 26.3 Å². The molecule has 2 aromatic heterocycles. The Morgan fingerprint density at radius 2 is 2.03 bits per heavy atom. The van der Waals surface area contributed by atoms with Crippen LogP contribution in [0.3, 0.4) is 0 Å². The molecule has 1 aliphatic heterocycles. The van der Waals surface area contributed by atoms with Gasteiger partial charge in [-0.15, -0.1) is 11.3 Å². The van der Waals surface area contributed by atoms with E-state index >= 15 is 0 Å². The Hall–Kier alpha value is -3.47. The Balaban J connectivity index is 1.60. The molecule has 0 saturated carbocycles. The summed E-state index contributed by atoms with van der Waals surface area (Å²) in [6, 6.07) is 12.7. The van der Waals surface area contributed by atoms with Crippen LogP contribution in [0.1, 0.15) is 32.9 Å². The van der Waals surface area contributed by atoms with Crippen molar-refractivity contribution in [1.29, 1.82) is 0 Å². The van der Waals surface area contributed by atoms with Gasteiger partial charge in [-0.05, 0) is 36.9 Å². The molecule has 2 aromatic carbocycles. The minimum Gasteiger partial charge on any atom is -0.423 e. The van der Waals surface area contributed by atoms with Gasteiger partial charge in [-0.2, -0.15) is 0 Å². The first kappa shape index (κ1) is 23.3. The number of aromatic nitrogens is 2. The van der Waals surface area contributed by atoms with Crippen LogP contribution in [-0.4, -0.2) is 46.6 Å². The molecule has 0 atom stereocenters. The average molecular weight is 487 g/mol. The highest BCUT2D eigenvalue weighted by atomic mass is 32.1. The summed E-state index contributed by atoms with van der Waals surface area (Å²) in [4.78, 5) is 25.1. The van der Waals surface area contributed by atoms with Gasteiger partial charge < -0.3 is 26.0 Å². The van der Waals surface area contributed by atoms with Gasteiger partial charge in [-0.1, -0.05) is 36.4 Å². The minimum absolute atomic E-state index is 0.442. The predicted octanol–water partition coefficient (Wildman–Crippen LogP) is 2.44. The lowest BCUT2D eigenvalue weighted by Gasteiger charge is -2.29. The van der Waals surface area contributed by atoms with Crippen LogP contribution in [0.15, 0.2) is 42.5 Å². The van der Waals surface area contributed by atoms with Crippen LogP contribution < -0.4 is 21.4 Å². The highest BCUT2D eigenvalue weighted by Gasteiger charge is 2.25. The molecule has 5 N–H and O–H groups in total. The number of anilines is 2. The van der Waals surface area contributed by atoms with Crippen LogP contribution in [0.4, 0.5) is 11.5 Å². The summed E-state index contributed by atoms with van der Waals surface area (Å²) in [5.41, 5.74) is 10.4. The molecule has 0 fully saturated rings. The summed E-state index contributed by atoms with van der Waals surface area (Å²) in [5.74, 6) is 0.896. The molecule has 35 heavy (non-hydrogen) atoms. The molecular formula is C25H26BN5O3S. The molecule has 0 spiro atoms. The van der Waals surface area contributed by atoms with Gasteiger partial charge in [-0.3, -0.25) is 4.79 Å². The maximum absolute atomic E-state index is 12.0. The number of aryl methyl sites for hydroxylation is 2. The largest absolute Gasteiger partial charge is 0.488 e. The Labute approximate surface area is 207 Å². The van der Waals surface area contributed by atoms with Gasteiger partial charge in [0.1, 0.15) is 5.69 Å². The summed E-state index contributed by atoms with van der Waals surface area (Å²) in [6.07, 6.45) is 1.86. The van der Waals surface area contributed by atoms with Gasteiger partial charge in [-0.25, -0.2) is 9.97 Å². The molecule has 8 nitrogen and oxygen atoms in total. The second-order valence-corrected chi connectivity index (χ2v) is 9.99. The van der Waals surface area contributed by atoms with E-state index in [9.17, 15) is 14.8 Å². The van der Waals surface area contributed by atoms with Gasteiger partial charge in [0, 0.05) is 40.7 Å². The predicted molar refractivity (Wildman–Crippen MR) is 141 cm³/mol. The summed E-state index contributed by atoms with van der Waals surface area (Å²) in [6.45, 7) is 3.39. The number of nitrogens with zero attached hydrogens (tertiary/aromatic N) is 3. The molecule has 0 saturated heterocycles. The van der Waals surface area contributed by atoms with E-state index in [1.807, 2.05) is 32.2 Å². The van der Waals surface area contributed by atoms with E-state index in [2.05, 4.69) is 10.2 Å². The first-order valence-corrected chi connectivity index (χ1v) is 12.3. The molecule has 0 unspecified atom stereocenters. The highest BCUT2D eigenvalue weighted by Crippen LogP contribution is 2.41. The fourth-order valence-electron chi connectivity index (χ4n) is 4.67. The van der Waals surface area contributed by atoms with E-state index in [0.29, 0.717) is 23.4 Å². The Morgan fingerprint density at radius 3 is 2.80 bits per heavy atom. The summed E-state index contributed by atoms with van der Waals surface area (Å²) in [5, 5.41) is 23.4. The van der Waals surface area contributed by atoms with Crippen LogP contribution in [0.25, 0.3) is 21.5 Å². The molecular weight excluding hydrogens is 461 g/mol. The molecule has 178 valence electrons. The summed E-state index contributed by atoms with van der Waals surface area (Å²) >= 11 is 1.53. The number of hydrogen-bond donors (Lipinski definition) is 4. The monoisotopic (exact) mass is 487 g/mol. The van der Waals surface area contributed by atoms with E-state index in [-0.39, 0.29) is 0 Å². The first-order chi connectivity index (χ1) is 16.8. The zero-order chi connectivity index (χ0) is 24.7. The Morgan fingerprint density at radius 1 is 1.23 bits per heavy atom. The second kappa shape index (κ2) is 9.29. The lowest BCUT2D eigenvalue weighted by Crippen LogP contribution is -2.30. The first-order valence-electron chi connectivity index (χ1n) is 11.5. The lowest BCUT2D eigenvalue weighted by molar-refractivity contribution is 0.100. The summed E-state index contributed by atoms with van der Waals surface area (Å²) < 4.78 is 0.847. The van der Waals surface area contributed by atoms with Crippen molar-refractivity contribution in [3.05, 3.63) is 64.2 Å². The third-order valence-electron chi connectivity index (χ3n) is 6.33. The van der Waals surface area contributed by atoms with Gasteiger partial charge in [0.25, 0.3) is 0 Å². The fraction of sp³-hybridized carbons (Fsp3) is 0.240. The Kier molecular flexibility index (Phi) is 6.18. The van der Waals surface area contributed by atoms with E-state index in [1.165, 1.54) is 11.3 Å². The van der Waals surface area contributed by atoms with E-state index in [1.54, 1.807) is 24.3 Å². The summed E-state index contributed by atoms with van der Waals surface area (Å²) in [7, 11) is 0.527. The number of primary amides is 1. The lowest BCUT2D eigenvalue weighted by atomic mass is 9.79. The third kappa shape index (κ3) is 4.36. The standard InChI is InChI=1S/C25H26BN5O3S/c1-14-20(17-8-4-9-18(23(27)32)22(17)35-14)24-29-19-10-5-11-31(2)21(19)25(30-24)28-13-15-6-3-7-16(12-15)26(33)34/h3-4,6-9,12,33-34H,5,10-11,13H2,1-2H3,(H2,27,32)(H,28,29,30). The maximum Gasteiger partial charge on any atom is 0.488 e.